The Labute approximate surface area is 207 Å². The Morgan fingerprint density at radius 2 is 1.60 bits per heavy atom. The smallest absolute Gasteiger partial charge is 0.231 e. The number of nitrogens with zero attached hydrogens (tertiary/aromatic N) is 4. The van der Waals surface area contributed by atoms with E-state index in [0.29, 0.717) is 35.3 Å². The fourth-order valence-electron chi connectivity index (χ4n) is 3.70. The third kappa shape index (κ3) is 5.31. The van der Waals surface area contributed by atoms with Crippen LogP contribution >= 0.6 is 11.6 Å². The largest absolute Gasteiger partial charge is 0.475 e. The summed E-state index contributed by atoms with van der Waals surface area (Å²) in [4.78, 5) is 12.3. The third-order valence-electron chi connectivity index (χ3n) is 5.45. The van der Waals surface area contributed by atoms with Gasteiger partial charge < -0.3 is 10.1 Å². The van der Waals surface area contributed by atoms with Crippen molar-refractivity contribution < 1.29 is 9.53 Å². The summed E-state index contributed by atoms with van der Waals surface area (Å²) in [5, 5.41) is 16.3. The lowest BCUT2D eigenvalue weighted by Gasteiger charge is -2.08. The van der Waals surface area contributed by atoms with Crippen molar-refractivity contribution in [2.75, 3.05) is 13.2 Å². The molecule has 1 N–H and O–H groups in total. The number of fused-ring (bicyclic) bond motifs is 1. The quantitative estimate of drug-likeness (QED) is 0.319. The average Bonchev–Trinajstić information content (AvgIpc) is 3.31. The predicted molar refractivity (Wildman–Crippen MR) is 135 cm³/mol. The third-order valence-corrected chi connectivity index (χ3v) is 5.78. The second-order valence-corrected chi connectivity index (χ2v) is 8.29. The van der Waals surface area contributed by atoms with Gasteiger partial charge in [-0.15, -0.1) is 15.3 Å². The van der Waals surface area contributed by atoms with Crippen molar-refractivity contribution in [2.24, 2.45) is 0 Å². The summed E-state index contributed by atoms with van der Waals surface area (Å²) < 4.78 is 7.33. The molecule has 2 heterocycles. The molecule has 0 saturated heterocycles. The molecule has 8 heteroatoms. The van der Waals surface area contributed by atoms with E-state index in [1.165, 1.54) is 0 Å². The summed E-state index contributed by atoms with van der Waals surface area (Å²) in [7, 11) is 0. The standard InChI is InChI=1S/C27H22ClN5O2/c28-23-9-5-4-8-22(23)27-31-30-24-14-15-26(32-33(24)27)35-17-16-29-25(34)18-19-10-12-21(13-11-19)20-6-2-1-3-7-20/h1-15H,16-18H2,(H,29,34). The maximum Gasteiger partial charge on any atom is 0.231 e. The van der Waals surface area contributed by atoms with E-state index in [-0.39, 0.29) is 12.5 Å². The van der Waals surface area contributed by atoms with E-state index in [0.717, 1.165) is 22.3 Å². The van der Waals surface area contributed by atoms with Crippen molar-refractivity contribution in [2.45, 2.75) is 6.42 Å². The molecule has 1 amide bonds. The van der Waals surface area contributed by atoms with Crippen LogP contribution in [0.1, 0.15) is 5.56 Å². The number of amides is 1. The monoisotopic (exact) mass is 483 g/mol. The number of ether oxygens (including phenoxy) is 1. The highest BCUT2D eigenvalue weighted by molar-refractivity contribution is 6.33. The number of halogens is 1. The van der Waals surface area contributed by atoms with Crippen molar-refractivity contribution in [1.82, 2.24) is 25.1 Å². The molecule has 174 valence electrons. The number of rotatable bonds is 8. The van der Waals surface area contributed by atoms with Gasteiger partial charge in [-0.1, -0.05) is 78.3 Å². The molecule has 0 bridgehead atoms. The average molecular weight is 484 g/mol. The van der Waals surface area contributed by atoms with Crippen LogP contribution in [0.3, 0.4) is 0 Å². The lowest BCUT2D eigenvalue weighted by Crippen LogP contribution is -2.29. The first-order valence-electron chi connectivity index (χ1n) is 11.2. The molecular formula is C27H22ClN5O2. The minimum atomic E-state index is -0.0655. The van der Waals surface area contributed by atoms with Gasteiger partial charge in [0.25, 0.3) is 0 Å². The van der Waals surface area contributed by atoms with Gasteiger partial charge in [-0.2, -0.15) is 4.52 Å². The molecule has 0 spiro atoms. The molecule has 5 aromatic rings. The van der Waals surface area contributed by atoms with E-state index in [2.05, 4.69) is 32.7 Å². The van der Waals surface area contributed by atoms with E-state index >= 15 is 0 Å². The van der Waals surface area contributed by atoms with E-state index < -0.39 is 0 Å². The maximum absolute atomic E-state index is 12.3. The Bertz CT molecular complexity index is 1450. The molecule has 0 unspecified atom stereocenters. The van der Waals surface area contributed by atoms with Gasteiger partial charge in [0, 0.05) is 11.6 Å². The molecule has 0 saturated carbocycles. The number of hydrogen-bond donors (Lipinski definition) is 1. The molecular weight excluding hydrogens is 462 g/mol. The van der Waals surface area contributed by atoms with Crippen LogP contribution in [0.4, 0.5) is 0 Å². The van der Waals surface area contributed by atoms with Crippen molar-refractivity contribution >= 4 is 23.2 Å². The number of carbonyl (C=O) groups is 1. The van der Waals surface area contributed by atoms with Crippen molar-refractivity contribution in [1.29, 1.82) is 0 Å². The first-order chi connectivity index (χ1) is 17.2. The van der Waals surface area contributed by atoms with Crippen LogP contribution in [0.15, 0.2) is 91.0 Å². The molecule has 3 aromatic carbocycles. The highest BCUT2D eigenvalue weighted by atomic mass is 35.5. The van der Waals surface area contributed by atoms with Gasteiger partial charge in [-0.05, 0) is 34.9 Å². The first kappa shape index (κ1) is 22.6. The fourth-order valence-corrected chi connectivity index (χ4v) is 3.92. The van der Waals surface area contributed by atoms with E-state index in [1.54, 1.807) is 22.7 Å². The summed E-state index contributed by atoms with van der Waals surface area (Å²) in [6.45, 7) is 0.640. The number of aromatic nitrogens is 4. The summed E-state index contributed by atoms with van der Waals surface area (Å²) in [5.41, 5.74) is 4.54. The normalized spacial score (nSPS) is 10.9. The predicted octanol–water partition coefficient (Wildman–Crippen LogP) is 4.85. The molecule has 0 aliphatic heterocycles. The first-order valence-corrected chi connectivity index (χ1v) is 11.6. The Kier molecular flexibility index (Phi) is 6.68. The van der Waals surface area contributed by atoms with Crippen LogP contribution in [0.5, 0.6) is 5.88 Å². The minimum absolute atomic E-state index is 0.0655. The maximum atomic E-state index is 12.3. The molecule has 0 fully saturated rings. The molecule has 0 aliphatic carbocycles. The van der Waals surface area contributed by atoms with Gasteiger partial charge in [-0.25, -0.2) is 0 Å². The van der Waals surface area contributed by atoms with Gasteiger partial charge >= 0.3 is 0 Å². The van der Waals surface area contributed by atoms with Gasteiger partial charge in [0.1, 0.15) is 6.61 Å². The summed E-state index contributed by atoms with van der Waals surface area (Å²) in [5.74, 6) is 0.864. The summed E-state index contributed by atoms with van der Waals surface area (Å²) >= 11 is 6.30. The van der Waals surface area contributed by atoms with Gasteiger partial charge in [0.2, 0.25) is 11.8 Å². The van der Waals surface area contributed by atoms with Gasteiger partial charge in [-0.3, -0.25) is 4.79 Å². The zero-order valence-electron chi connectivity index (χ0n) is 18.8. The molecule has 5 rings (SSSR count). The van der Waals surface area contributed by atoms with Crippen LogP contribution in [-0.2, 0) is 11.2 Å². The SMILES string of the molecule is O=C(Cc1ccc(-c2ccccc2)cc1)NCCOc1ccc2nnc(-c3ccccc3Cl)n2n1. The lowest BCUT2D eigenvalue weighted by atomic mass is 10.0. The van der Waals surface area contributed by atoms with Gasteiger partial charge in [0.05, 0.1) is 18.0 Å². The molecule has 0 aliphatic rings. The van der Waals surface area contributed by atoms with E-state index in [4.69, 9.17) is 16.3 Å². The molecule has 2 aromatic heterocycles. The van der Waals surface area contributed by atoms with Crippen LogP contribution < -0.4 is 10.1 Å². The summed E-state index contributed by atoms with van der Waals surface area (Å²) in [6, 6.07) is 29.0. The number of hydrogen-bond acceptors (Lipinski definition) is 5. The lowest BCUT2D eigenvalue weighted by molar-refractivity contribution is -0.120. The molecule has 0 atom stereocenters. The molecule has 7 nitrogen and oxygen atoms in total. The van der Waals surface area contributed by atoms with Crippen LogP contribution in [-0.4, -0.2) is 38.9 Å². The topological polar surface area (TPSA) is 81.4 Å². The Morgan fingerprint density at radius 1 is 0.857 bits per heavy atom. The van der Waals surface area contributed by atoms with Crippen LogP contribution in [0.2, 0.25) is 5.02 Å². The Hall–Kier alpha value is -4.23. The molecule has 35 heavy (non-hydrogen) atoms. The van der Waals surface area contributed by atoms with Crippen LogP contribution in [0.25, 0.3) is 28.2 Å². The van der Waals surface area contributed by atoms with E-state index in [1.807, 2.05) is 60.7 Å². The second kappa shape index (κ2) is 10.4. The highest BCUT2D eigenvalue weighted by Gasteiger charge is 2.13. The van der Waals surface area contributed by atoms with Gasteiger partial charge in [0.15, 0.2) is 11.5 Å². The molecule has 0 radical (unpaired) electrons. The Morgan fingerprint density at radius 3 is 2.40 bits per heavy atom. The Balaban J connectivity index is 1.14. The van der Waals surface area contributed by atoms with Crippen molar-refractivity contribution in [3.8, 4) is 28.4 Å². The minimum Gasteiger partial charge on any atom is -0.475 e. The number of nitrogens with one attached hydrogen (secondary N) is 1. The highest BCUT2D eigenvalue weighted by Crippen LogP contribution is 2.26. The van der Waals surface area contributed by atoms with Crippen LogP contribution in [0, 0.1) is 0 Å². The summed E-state index contributed by atoms with van der Waals surface area (Å²) in [6.07, 6.45) is 0.307. The number of benzene rings is 3. The van der Waals surface area contributed by atoms with E-state index in [9.17, 15) is 4.79 Å². The van der Waals surface area contributed by atoms with Crippen molar-refractivity contribution in [3.63, 3.8) is 0 Å². The zero-order valence-corrected chi connectivity index (χ0v) is 19.5. The van der Waals surface area contributed by atoms with Crippen molar-refractivity contribution in [3.05, 3.63) is 102 Å². The second-order valence-electron chi connectivity index (χ2n) is 7.88. The fraction of sp³-hybridized carbons (Fsp3) is 0.111. The number of carbonyl (C=O) groups excluding carboxylic acids is 1. The zero-order chi connectivity index (χ0) is 24.0.